The van der Waals surface area contributed by atoms with Crippen LogP contribution < -0.4 is 0 Å². The second-order valence-corrected chi connectivity index (χ2v) is 9.96. The molecule has 0 radical (unpaired) electrons. The first-order chi connectivity index (χ1) is 13.1. The third-order valence-electron chi connectivity index (χ3n) is 9.18. The predicted molar refractivity (Wildman–Crippen MR) is 106 cm³/mol. The topological polar surface area (TPSA) is 31.0 Å². The smallest absolute Gasteiger partial charge is 0.172 e. The van der Waals surface area contributed by atoms with Gasteiger partial charge in [0.25, 0.3) is 0 Å². The van der Waals surface area contributed by atoms with E-state index in [2.05, 4.69) is 6.92 Å². The largest absolute Gasteiger partial charge is 0.369 e. The Bertz CT molecular complexity index is 613. The van der Waals surface area contributed by atoms with Gasteiger partial charge in [0.05, 0.1) is 25.4 Å². The lowest BCUT2D eigenvalue weighted by molar-refractivity contribution is -0.272. The van der Waals surface area contributed by atoms with Gasteiger partial charge in [-0.25, -0.2) is 0 Å². The Morgan fingerprint density at radius 1 is 0.889 bits per heavy atom. The van der Waals surface area contributed by atoms with Crippen molar-refractivity contribution < 1.29 is 14.2 Å². The second kappa shape index (κ2) is 6.57. The van der Waals surface area contributed by atoms with Crippen LogP contribution >= 0.6 is 0 Å². The van der Waals surface area contributed by atoms with Crippen LogP contribution in [0.2, 0.25) is 0 Å². The van der Waals surface area contributed by atoms with Crippen LogP contribution in [0.3, 0.4) is 0 Å². The molecule has 0 aromatic heterocycles. The Morgan fingerprint density at radius 3 is 2.41 bits per heavy atom. The number of rotatable bonds is 0. The maximum atomic E-state index is 6.14. The van der Waals surface area contributed by atoms with Crippen molar-refractivity contribution in [3.8, 4) is 0 Å². The van der Waals surface area contributed by atoms with E-state index in [0.717, 1.165) is 56.8 Å². The fraction of sp³-hybridized carbons (Fsp3) is 0.917. The Balaban J connectivity index is 0.000000777. The first-order valence-corrected chi connectivity index (χ1v) is 11.8. The predicted octanol–water partition coefficient (Wildman–Crippen LogP) is 5.63. The van der Waals surface area contributed by atoms with Crippen LogP contribution in [0.25, 0.3) is 0 Å². The molecule has 152 valence electrons. The van der Waals surface area contributed by atoms with Crippen molar-refractivity contribution in [3.63, 3.8) is 0 Å². The van der Waals surface area contributed by atoms with Crippen molar-refractivity contribution in [2.75, 3.05) is 19.8 Å². The summed E-state index contributed by atoms with van der Waals surface area (Å²) in [6.07, 6.45) is 12.6. The lowest BCUT2D eigenvalue weighted by Gasteiger charge is -2.53. The van der Waals surface area contributed by atoms with Crippen LogP contribution in [0.15, 0.2) is 11.1 Å². The van der Waals surface area contributed by atoms with Gasteiger partial charge in [0.15, 0.2) is 5.79 Å². The molecule has 0 amide bonds. The van der Waals surface area contributed by atoms with Crippen LogP contribution in [0.5, 0.6) is 0 Å². The van der Waals surface area contributed by atoms with E-state index < -0.39 is 0 Å². The van der Waals surface area contributed by atoms with Gasteiger partial charge in [-0.05, 0) is 69.1 Å². The zero-order chi connectivity index (χ0) is 18.7. The van der Waals surface area contributed by atoms with Crippen molar-refractivity contribution in [3.05, 3.63) is 11.1 Å². The highest BCUT2D eigenvalue weighted by Crippen LogP contribution is 2.69. The van der Waals surface area contributed by atoms with Gasteiger partial charge in [0, 0.05) is 18.3 Å². The minimum Gasteiger partial charge on any atom is -0.369 e. The normalized spacial score (nSPS) is 47.0. The summed E-state index contributed by atoms with van der Waals surface area (Å²) in [5.41, 5.74) is 4.31. The molecule has 2 aliphatic heterocycles. The van der Waals surface area contributed by atoms with Gasteiger partial charge in [0.2, 0.25) is 0 Å². The van der Waals surface area contributed by atoms with Gasteiger partial charge >= 0.3 is 0 Å². The van der Waals surface area contributed by atoms with Crippen molar-refractivity contribution in [2.45, 2.75) is 96.4 Å². The lowest BCUT2D eigenvalue weighted by Crippen LogP contribution is -2.48. The Kier molecular flexibility index (Phi) is 4.53. The summed E-state index contributed by atoms with van der Waals surface area (Å²) < 4.78 is 18.3. The highest BCUT2D eigenvalue weighted by molar-refractivity contribution is 5.29. The van der Waals surface area contributed by atoms with Crippen LogP contribution in [0.4, 0.5) is 0 Å². The van der Waals surface area contributed by atoms with Gasteiger partial charge in [-0.15, -0.1) is 0 Å². The molecule has 27 heavy (non-hydrogen) atoms. The molecule has 6 rings (SSSR count). The summed E-state index contributed by atoms with van der Waals surface area (Å²) in [5.74, 6) is 2.42. The summed E-state index contributed by atoms with van der Waals surface area (Å²) in [6, 6.07) is 0. The fourth-order valence-corrected chi connectivity index (χ4v) is 7.71. The quantitative estimate of drug-likeness (QED) is 0.406. The van der Waals surface area contributed by atoms with E-state index >= 15 is 0 Å². The molecule has 5 unspecified atom stereocenters. The molecule has 4 aliphatic carbocycles. The van der Waals surface area contributed by atoms with Gasteiger partial charge in [-0.1, -0.05) is 31.9 Å². The maximum Gasteiger partial charge on any atom is 0.172 e. The molecule has 6 aliphatic rings. The molecule has 2 spiro atoms. The molecule has 0 aromatic carbocycles. The van der Waals surface area contributed by atoms with Gasteiger partial charge in [0.1, 0.15) is 0 Å². The molecule has 0 N–H and O–H groups in total. The summed E-state index contributed by atoms with van der Waals surface area (Å²) in [4.78, 5) is 0. The molecular formula is C24H38O3. The third kappa shape index (κ3) is 2.64. The van der Waals surface area contributed by atoms with Gasteiger partial charge in [-0.2, -0.15) is 0 Å². The van der Waals surface area contributed by atoms with Crippen molar-refractivity contribution in [2.24, 2.45) is 23.2 Å². The lowest BCUT2D eigenvalue weighted by atomic mass is 9.53. The SMILES string of the molecule is CC.CC12CCC3C4=C(CCC3C1CCC21CO1)CC1(CC4)OCCCO1. The van der Waals surface area contributed by atoms with E-state index in [1.54, 1.807) is 5.57 Å². The van der Waals surface area contributed by atoms with Gasteiger partial charge in [-0.3, -0.25) is 0 Å². The van der Waals surface area contributed by atoms with E-state index in [1.165, 1.54) is 44.9 Å². The molecule has 2 saturated carbocycles. The first kappa shape index (κ1) is 18.6. The molecule has 0 aromatic rings. The summed E-state index contributed by atoms with van der Waals surface area (Å²) in [5, 5.41) is 0. The van der Waals surface area contributed by atoms with Crippen molar-refractivity contribution in [1.82, 2.24) is 0 Å². The van der Waals surface area contributed by atoms with E-state index in [-0.39, 0.29) is 11.4 Å². The van der Waals surface area contributed by atoms with E-state index in [4.69, 9.17) is 14.2 Å². The number of fused-ring (bicyclic) bond motifs is 5. The molecule has 4 fully saturated rings. The molecule has 3 heteroatoms. The second-order valence-electron chi connectivity index (χ2n) is 9.96. The number of hydrogen-bond acceptors (Lipinski definition) is 3. The zero-order valence-corrected chi connectivity index (χ0v) is 17.6. The fourth-order valence-electron chi connectivity index (χ4n) is 7.71. The van der Waals surface area contributed by atoms with Gasteiger partial charge < -0.3 is 14.2 Å². The maximum absolute atomic E-state index is 6.14. The number of epoxide rings is 1. The minimum absolute atomic E-state index is 0.258. The van der Waals surface area contributed by atoms with E-state index in [9.17, 15) is 0 Å². The Labute approximate surface area is 165 Å². The average Bonchev–Trinajstić information content (AvgIpc) is 3.44. The van der Waals surface area contributed by atoms with Crippen LogP contribution in [-0.2, 0) is 14.2 Å². The number of ether oxygens (including phenoxy) is 3. The standard InChI is InChI=1S/C22H32O3.C2H6/c1-20-8-5-17-16-6-10-22(23-11-2-12-24-22)13-15(16)3-4-18(17)19(20)7-9-21(20)14-25-21;1-2/h17-19H,2-14H2,1H3;1-2H3. The van der Waals surface area contributed by atoms with E-state index in [1.807, 2.05) is 19.4 Å². The molecule has 2 saturated heterocycles. The van der Waals surface area contributed by atoms with E-state index in [0.29, 0.717) is 5.41 Å². The van der Waals surface area contributed by atoms with Crippen molar-refractivity contribution in [1.29, 1.82) is 0 Å². The highest BCUT2D eigenvalue weighted by Gasteiger charge is 2.68. The highest BCUT2D eigenvalue weighted by atomic mass is 16.7. The summed E-state index contributed by atoms with van der Waals surface area (Å²) >= 11 is 0. The Morgan fingerprint density at radius 2 is 1.67 bits per heavy atom. The first-order valence-electron chi connectivity index (χ1n) is 11.8. The minimum atomic E-state index is -0.258. The molecule has 2 heterocycles. The molecule has 5 atom stereocenters. The number of allylic oxidation sites excluding steroid dienone is 1. The summed E-state index contributed by atoms with van der Waals surface area (Å²) in [6.45, 7) is 9.38. The third-order valence-corrected chi connectivity index (χ3v) is 9.18. The number of hydrogen-bond donors (Lipinski definition) is 0. The Hall–Kier alpha value is -0.380. The summed E-state index contributed by atoms with van der Waals surface area (Å²) in [7, 11) is 0. The molecule has 3 nitrogen and oxygen atoms in total. The average molecular weight is 375 g/mol. The monoisotopic (exact) mass is 374 g/mol. The van der Waals surface area contributed by atoms with Crippen LogP contribution in [0, 0.1) is 23.2 Å². The molecular weight excluding hydrogens is 336 g/mol. The van der Waals surface area contributed by atoms with Crippen LogP contribution in [-0.4, -0.2) is 31.2 Å². The molecule has 0 bridgehead atoms. The zero-order valence-electron chi connectivity index (χ0n) is 17.6. The van der Waals surface area contributed by atoms with Crippen molar-refractivity contribution >= 4 is 0 Å². The van der Waals surface area contributed by atoms with Crippen LogP contribution in [0.1, 0.15) is 85.0 Å².